The Kier molecular flexibility index (Phi) is 4.80. The Hall–Kier alpha value is -3.25. The fourth-order valence-corrected chi connectivity index (χ4v) is 3.81. The van der Waals surface area contributed by atoms with E-state index in [1.165, 1.54) is 10.6 Å². The van der Waals surface area contributed by atoms with Gasteiger partial charge in [-0.3, -0.25) is 9.13 Å². The summed E-state index contributed by atoms with van der Waals surface area (Å²) in [6, 6.07) is 3.36. The Morgan fingerprint density at radius 3 is 2.76 bits per heavy atom. The van der Waals surface area contributed by atoms with Gasteiger partial charge >= 0.3 is 5.69 Å². The molecule has 1 aliphatic rings. The molecule has 0 unspecified atom stereocenters. The molecule has 0 spiro atoms. The number of nitrogens with zero attached hydrogens (tertiary/aromatic N) is 5. The van der Waals surface area contributed by atoms with Crippen molar-refractivity contribution in [1.82, 2.24) is 19.1 Å². The molecular weight excluding hydrogens is 375 g/mol. The minimum Gasteiger partial charge on any atom is -0.381 e. The predicted molar refractivity (Wildman–Crippen MR) is 106 cm³/mol. The summed E-state index contributed by atoms with van der Waals surface area (Å²) in [6.45, 7) is 4.60. The Balaban J connectivity index is 1.80. The summed E-state index contributed by atoms with van der Waals surface area (Å²) in [7, 11) is 1.70. The monoisotopic (exact) mass is 396 g/mol. The van der Waals surface area contributed by atoms with E-state index < -0.39 is 5.82 Å². The second-order valence-electron chi connectivity index (χ2n) is 7.25. The largest absolute Gasteiger partial charge is 0.381 e. The third-order valence-corrected chi connectivity index (χ3v) is 5.44. The van der Waals surface area contributed by atoms with Crippen LogP contribution < -0.4 is 11.0 Å². The summed E-state index contributed by atoms with van der Waals surface area (Å²) >= 11 is 0. The zero-order valence-corrected chi connectivity index (χ0v) is 16.5. The number of nitrogens with one attached hydrogen (secondary N) is 1. The van der Waals surface area contributed by atoms with Crippen molar-refractivity contribution in [2.24, 2.45) is 7.05 Å². The molecule has 1 saturated heterocycles. The number of hydrogen-bond acceptors (Lipinski definition) is 6. The highest BCUT2D eigenvalue weighted by Gasteiger charge is 2.23. The Labute approximate surface area is 166 Å². The highest BCUT2D eigenvalue weighted by atomic mass is 19.1. The number of aryl methyl sites for hydroxylation is 2. The third-order valence-electron chi connectivity index (χ3n) is 5.44. The summed E-state index contributed by atoms with van der Waals surface area (Å²) < 4.78 is 23.0. The van der Waals surface area contributed by atoms with Crippen molar-refractivity contribution in [3.63, 3.8) is 0 Å². The van der Waals surface area contributed by atoms with Crippen LogP contribution >= 0.6 is 0 Å². The van der Waals surface area contributed by atoms with Crippen molar-refractivity contribution < 1.29 is 9.13 Å². The van der Waals surface area contributed by atoms with Gasteiger partial charge in [-0.1, -0.05) is 0 Å². The minimum absolute atomic E-state index is 0.00154. The van der Waals surface area contributed by atoms with Gasteiger partial charge in [0, 0.05) is 37.6 Å². The van der Waals surface area contributed by atoms with E-state index in [1.54, 1.807) is 31.7 Å². The quantitative estimate of drug-likeness (QED) is 0.731. The van der Waals surface area contributed by atoms with Crippen molar-refractivity contribution in [1.29, 1.82) is 5.26 Å². The van der Waals surface area contributed by atoms with Gasteiger partial charge < -0.3 is 10.1 Å². The normalized spacial score (nSPS) is 14.9. The number of benzene rings is 1. The molecule has 0 radical (unpaired) electrons. The molecule has 0 amide bonds. The lowest BCUT2D eigenvalue weighted by atomic mass is 10.0. The van der Waals surface area contributed by atoms with Gasteiger partial charge in [0.25, 0.3) is 0 Å². The summed E-state index contributed by atoms with van der Waals surface area (Å²) in [6.07, 6.45) is 3.07. The number of rotatable bonds is 3. The van der Waals surface area contributed by atoms with E-state index in [2.05, 4.69) is 15.3 Å². The number of fused-ring (bicyclic) bond motifs is 1. The molecule has 1 N–H and O–H groups in total. The first-order chi connectivity index (χ1) is 13.9. The third kappa shape index (κ3) is 3.15. The molecule has 1 aromatic carbocycles. The van der Waals surface area contributed by atoms with Gasteiger partial charge in [0.15, 0.2) is 5.65 Å². The molecule has 0 bridgehead atoms. The van der Waals surface area contributed by atoms with Crippen LogP contribution in [-0.4, -0.2) is 32.3 Å². The van der Waals surface area contributed by atoms with E-state index in [-0.39, 0.29) is 23.2 Å². The second kappa shape index (κ2) is 7.29. The molecule has 0 aliphatic carbocycles. The summed E-state index contributed by atoms with van der Waals surface area (Å²) in [4.78, 5) is 21.7. The predicted octanol–water partition coefficient (Wildman–Crippen LogP) is 2.85. The molecule has 150 valence electrons. The number of ether oxygens (including phenoxy) is 1. The van der Waals surface area contributed by atoms with Gasteiger partial charge in [-0.2, -0.15) is 10.2 Å². The zero-order chi connectivity index (χ0) is 20.7. The average molecular weight is 396 g/mol. The fourth-order valence-electron chi connectivity index (χ4n) is 3.81. The van der Waals surface area contributed by atoms with E-state index in [0.29, 0.717) is 41.2 Å². The van der Waals surface area contributed by atoms with Crippen LogP contribution in [0.25, 0.3) is 11.2 Å². The first-order valence-corrected chi connectivity index (χ1v) is 9.41. The molecule has 2 aromatic heterocycles. The Morgan fingerprint density at radius 1 is 1.34 bits per heavy atom. The van der Waals surface area contributed by atoms with Crippen molar-refractivity contribution in [3.8, 4) is 6.07 Å². The zero-order valence-electron chi connectivity index (χ0n) is 16.5. The van der Waals surface area contributed by atoms with Gasteiger partial charge in [0.05, 0.1) is 11.8 Å². The molecule has 0 atom stereocenters. The van der Waals surface area contributed by atoms with Gasteiger partial charge in [-0.25, -0.2) is 14.2 Å². The molecule has 4 rings (SSSR count). The van der Waals surface area contributed by atoms with Gasteiger partial charge in [0.2, 0.25) is 5.95 Å². The van der Waals surface area contributed by atoms with Gasteiger partial charge in [-0.05, 0) is 38.3 Å². The van der Waals surface area contributed by atoms with Crippen molar-refractivity contribution in [2.45, 2.75) is 32.7 Å². The number of halogens is 1. The van der Waals surface area contributed by atoms with Crippen molar-refractivity contribution >= 4 is 22.8 Å². The fraction of sp³-hybridized carbons (Fsp3) is 0.400. The topological polar surface area (TPSA) is 97.8 Å². The lowest BCUT2D eigenvalue weighted by Crippen LogP contribution is -2.30. The lowest BCUT2D eigenvalue weighted by Gasteiger charge is -2.22. The van der Waals surface area contributed by atoms with Gasteiger partial charge in [0.1, 0.15) is 17.4 Å². The van der Waals surface area contributed by atoms with Crippen LogP contribution in [0.3, 0.4) is 0 Å². The van der Waals surface area contributed by atoms with E-state index in [9.17, 15) is 9.18 Å². The van der Waals surface area contributed by atoms with Crippen LogP contribution in [0.5, 0.6) is 0 Å². The standard InChI is InChI=1S/C20H21FN6O2/c1-11-8-13(9-22)16(21)12(2)17(11)24-19-23-10-15-18(25-19)27(20(28)26(15)3)14-4-6-29-7-5-14/h8,10,14H,4-7H2,1-3H3,(H,23,24,25). The van der Waals surface area contributed by atoms with Crippen LogP contribution in [0.2, 0.25) is 0 Å². The summed E-state index contributed by atoms with van der Waals surface area (Å²) in [5, 5.41) is 12.1. The number of nitriles is 1. The molecular formula is C20H21FN6O2. The Morgan fingerprint density at radius 2 is 2.07 bits per heavy atom. The molecule has 1 aliphatic heterocycles. The summed E-state index contributed by atoms with van der Waals surface area (Å²) in [5.41, 5.74) is 2.56. The van der Waals surface area contributed by atoms with E-state index in [1.807, 2.05) is 6.07 Å². The maximum absolute atomic E-state index is 14.4. The molecule has 9 heteroatoms. The number of imidazole rings is 1. The average Bonchev–Trinajstić information content (AvgIpc) is 2.98. The highest BCUT2D eigenvalue weighted by Crippen LogP contribution is 2.29. The van der Waals surface area contributed by atoms with Gasteiger partial charge in [-0.15, -0.1) is 0 Å². The number of aromatic nitrogens is 4. The maximum atomic E-state index is 14.4. The van der Waals surface area contributed by atoms with Crippen LogP contribution in [0.1, 0.15) is 35.6 Å². The maximum Gasteiger partial charge on any atom is 0.330 e. The van der Waals surface area contributed by atoms with E-state index in [4.69, 9.17) is 10.00 Å². The number of hydrogen-bond donors (Lipinski definition) is 1. The highest BCUT2D eigenvalue weighted by molar-refractivity contribution is 5.74. The van der Waals surface area contributed by atoms with Crippen LogP contribution in [0, 0.1) is 31.0 Å². The minimum atomic E-state index is -0.569. The van der Waals surface area contributed by atoms with Crippen LogP contribution in [-0.2, 0) is 11.8 Å². The SMILES string of the molecule is Cc1cc(C#N)c(F)c(C)c1Nc1ncc2c(n1)n(C1CCOCC1)c(=O)n2C. The van der Waals surface area contributed by atoms with E-state index in [0.717, 1.165) is 12.8 Å². The smallest absolute Gasteiger partial charge is 0.330 e. The molecule has 8 nitrogen and oxygen atoms in total. The molecule has 0 saturated carbocycles. The first kappa shape index (κ1) is 19.1. The molecule has 29 heavy (non-hydrogen) atoms. The second-order valence-corrected chi connectivity index (χ2v) is 7.25. The van der Waals surface area contributed by atoms with Crippen LogP contribution in [0.15, 0.2) is 17.1 Å². The van der Waals surface area contributed by atoms with Crippen molar-refractivity contribution in [3.05, 3.63) is 45.3 Å². The van der Waals surface area contributed by atoms with Crippen LogP contribution in [0.4, 0.5) is 16.0 Å². The molecule has 3 aromatic rings. The summed E-state index contributed by atoms with van der Waals surface area (Å²) in [5.74, 6) is -0.306. The van der Waals surface area contributed by atoms with E-state index >= 15 is 0 Å². The molecule has 1 fully saturated rings. The Bertz CT molecular complexity index is 1200. The first-order valence-electron chi connectivity index (χ1n) is 9.41. The molecule has 3 heterocycles. The number of anilines is 2. The van der Waals surface area contributed by atoms with Crippen molar-refractivity contribution in [2.75, 3.05) is 18.5 Å². The lowest BCUT2D eigenvalue weighted by molar-refractivity contribution is 0.0695.